The maximum atomic E-state index is 14.7. The summed E-state index contributed by atoms with van der Waals surface area (Å²) in [6, 6.07) is 10.2. The Balaban J connectivity index is 1.62. The zero-order chi connectivity index (χ0) is 18.7. The lowest BCUT2D eigenvalue weighted by atomic mass is 9.99. The van der Waals surface area contributed by atoms with Crippen LogP contribution in [0.2, 0.25) is 0 Å². The lowest BCUT2D eigenvalue weighted by molar-refractivity contribution is 0.446. The lowest BCUT2D eigenvalue weighted by Gasteiger charge is -2.40. The van der Waals surface area contributed by atoms with Gasteiger partial charge in [0.25, 0.3) is 0 Å². The summed E-state index contributed by atoms with van der Waals surface area (Å²) in [6.07, 6.45) is 16.0. The van der Waals surface area contributed by atoms with Gasteiger partial charge in [0.15, 0.2) is 0 Å². The van der Waals surface area contributed by atoms with Crippen LogP contribution in [0.5, 0.6) is 0 Å². The van der Waals surface area contributed by atoms with Crippen LogP contribution in [0.15, 0.2) is 30.3 Å². The highest BCUT2D eigenvalue weighted by Gasteiger charge is 2.48. The minimum absolute atomic E-state index is 0.176. The first-order valence-electron chi connectivity index (χ1n) is 11.4. The second-order valence-electron chi connectivity index (χ2n) is 9.27. The van der Waals surface area contributed by atoms with Gasteiger partial charge in [-0.1, -0.05) is 68.9 Å². The zero-order valence-corrected chi connectivity index (χ0v) is 18.5. The Morgan fingerprint density at radius 1 is 0.778 bits per heavy atom. The van der Waals surface area contributed by atoms with Crippen molar-refractivity contribution in [1.29, 1.82) is 0 Å². The molecule has 27 heavy (non-hydrogen) atoms. The molecule has 3 aliphatic rings. The number of hydrogen-bond donors (Lipinski definition) is 0. The molecule has 2 nitrogen and oxygen atoms in total. The Bertz CT molecular complexity index is 680. The Kier molecular flexibility index (Phi) is 6.35. The Morgan fingerprint density at radius 2 is 1.33 bits per heavy atom. The monoisotopic (exact) mass is 406 g/mol. The van der Waals surface area contributed by atoms with Crippen molar-refractivity contribution in [3.05, 3.63) is 30.3 Å². The highest BCUT2D eigenvalue weighted by Crippen LogP contribution is 2.68. The smallest absolute Gasteiger partial charge is 0.119 e. The highest BCUT2D eigenvalue weighted by molar-refractivity contribution is 7.74. The molecule has 2 atom stereocenters. The molecule has 0 aromatic heterocycles. The van der Waals surface area contributed by atoms with Gasteiger partial charge >= 0.3 is 0 Å². The van der Waals surface area contributed by atoms with Crippen LogP contribution in [0, 0.1) is 0 Å². The summed E-state index contributed by atoms with van der Waals surface area (Å²) in [4.78, 5) is 0. The molecule has 0 N–H and O–H groups in total. The van der Waals surface area contributed by atoms with Gasteiger partial charge in [0.2, 0.25) is 0 Å². The van der Waals surface area contributed by atoms with Crippen molar-refractivity contribution < 1.29 is 9.13 Å². The fourth-order valence-electron chi connectivity index (χ4n) is 6.16. The van der Waals surface area contributed by atoms with E-state index in [0.29, 0.717) is 11.3 Å². The van der Waals surface area contributed by atoms with Crippen LogP contribution in [-0.2, 0) is 9.13 Å². The summed E-state index contributed by atoms with van der Waals surface area (Å²) >= 11 is 0. The van der Waals surface area contributed by atoms with E-state index in [9.17, 15) is 9.13 Å². The van der Waals surface area contributed by atoms with E-state index in [1.165, 1.54) is 38.5 Å². The first kappa shape index (κ1) is 20.0. The van der Waals surface area contributed by atoms with Crippen molar-refractivity contribution in [2.45, 2.75) is 94.0 Å². The number of hydrogen-bond acceptors (Lipinski definition) is 2. The molecule has 1 unspecified atom stereocenters. The third-order valence-electron chi connectivity index (χ3n) is 7.69. The van der Waals surface area contributed by atoms with E-state index in [4.69, 9.17) is 0 Å². The van der Waals surface area contributed by atoms with Gasteiger partial charge in [-0.05, 0) is 38.5 Å². The Hall–Kier alpha value is -0.320. The second kappa shape index (κ2) is 8.59. The van der Waals surface area contributed by atoms with Gasteiger partial charge in [0.05, 0.1) is 7.14 Å². The van der Waals surface area contributed by atoms with E-state index in [2.05, 4.69) is 12.1 Å². The van der Waals surface area contributed by atoms with E-state index < -0.39 is 14.3 Å². The van der Waals surface area contributed by atoms with Crippen molar-refractivity contribution in [2.24, 2.45) is 0 Å². The van der Waals surface area contributed by atoms with Gasteiger partial charge < -0.3 is 9.13 Å². The average Bonchev–Trinajstić information content (AvgIpc) is 3.11. The summed E-state index contributed by atoms with van der Waals surface area (Å²) in [7, 11) is -4.70. The summed E-state index contributed by atoms with van der Waals surface area (Å²) in [5.74, 6) is 0. The maximum absolute atomic E-state index is 14.7. The molecule has 4 rings (SSSR count). The van der Waals surface area contributed by atoms with Crippen LogP contribution in [0.25, 0.3) is 0 Å². The molecular weight excluding hydrogens is 370 g/mol. The van der Waals surface area contributed by atoms with E-state index in [1.54, 1.807) is 0 Å². The highest BCUT2D eigenvalue weighted by atomic mass is 31.2. The molecule has 4 heteroatoms. The van der Waals surface area contributed by atoms with Gasteiger partial charge in [-0.3, -0.25) is 0 Å². The Morgan fingerprint density at radius 3 is 1.89 bits per heavy atom. The van der Waals surface area contributed by atoms with Crippen LogP contribution in [0.1, 0.15) is 77.0 Å². The standard InChI is InChI=1S/C23H36O2P2/c24-26(20-11-4-1-5-12-20)18-10-17-23(26)19-27(25,21-13-6-2-7-14-21)22-15-8-3-9-16-22/h1,4-5,11-12,21-23H,2-3,6-10,13-19H2/t23-,26?/m1/s1. The Labute approximate surface area is 165 Å². The number of benzene rings is 1. The van der Waals surface area contributed by atoms with Gasteiger partial charge in [-0.15, -0.1) is 0 Å². The second-order valence-corrected chi connectivity index (χ2v) is 16.1. The first-order valence-corrected chi connectivity index (χ1v) is 15.3. The molecule has 0 radical (unpaired) electrons. The summed E-state index contributed by atoms with van der Waals surface area (Å²) < 4.78 is 28.7. The zero-order valence-electron chi connectivity index (χ0n) is 16.7. The van der Waals surface area contributed by atoms with E-state index in [0.717, 1.165) is 56.2 Å². The average molecular weight is 406 g/mol. The molecule has 150 valence electrons. The van der Waals surface area contributed by atoms with Gasteiger partial charge in [-0.2, -0.15) is 0 Å². The first-order chi connectivity index (χ1) is 13.1. The molecule has 1 saturated heterocycles. The third-order valence-corrected chi connectivity index (χ3v) is 16.3. The van der Waals surface area contributed by atoms with E-state index in [1.807, 2.05) is 18.2 Å². The summed E-state index contributed by atoms with van der Waals surface area (Å²) in [5.41, 5.74) is 1.04. The minimum atomic E-state index is -2.40. The van der Waals surface area contributed by atoms with E-state index in [-0.39, 0.29) is 5.66 Å². The van der Waals surface area contributed by atoms with Crippen molar-refractivity contribution in [3.63, 3.8) is 0 Å². The normalized spacial score (nSPS) is 31.2. The molecule has 1 aromatic rings. The van der Waals surface area contributed by atoms with Crippen LogP contribution in [0.3, 0.4) is 0 Å². The van der Waals surface area contributed by atoms with Crippen LogP contribution >= 0.6 is 14.3 Å². The summed E-state index contributed by atoms with van der Waals surface area (Å²) in [6.45, 7) is 0. The molecule has 0 amide bonds. The van der Waals surface area contributed by atoms with Crippen LogP contribution in [-0.4, -0.2) is 29.3 Å². The fourth-order valence-corrected chi connectivity index (χ4v) is 15.5. The minimum Gasteiger partial charge on any atom is -0.323 e. The maximum Gasteiger partial charge on any atom is 0.119 e. The lowest BCUT2D eigenvalue weighted by Crippen LogP contribution is -2.29. The molecule has 2 aliphatic carbocycles. The van der Waals surface area contributed by atoms with Crippen LogP contribution < -0.4 is 5.30 Å². The SMILES string of the molecule is O=P(C[C@H]1CCCP1(=O)c1ccccc1)(C1CCCCC1)C1CCCCC1. The molecular formula is C23H36O2P2. The quantitative estimate of drug-likeness (QED) is 0.500. The van der Waals surface area contributed by atoms with Gasteiger partial charge in [0.1, 0.15) is 7.14 Å². The van der Waals surface area contributed by atoms with Crippen LogP contribution in [0.4, 0.5) is 0 Å². The fraction of sp³-hybridized carbons (Fsp3) is 0.739. The molecule has 3 fully saturated rings. The molecule has 0 bridgehead atoms. The predicted molar refractivity (Wildman–Crippen MR) is 118 cm³/mol. The van der Waals surface area contributed by atoms with Crippen molar-refractivity contribution >= 4 is 19.6 Å². The van der Waals surface area contributed by atoms with E-state index >= 15 is 0 Å². The third kappa shape index (κ3) is 4.04. The predicted octanol–water partition coefficient (Wildman–Crippen LogP) is 6.87. The molecule has 1 heterocycles. The van der Waals surface area contributed by atoms with Crippen molar-refractivity contribution in [3.8, 4) is 0 Å². The topological polar surface area (TPSA) is 34.1 Å². The molecule has 1 aliphatic heterocycles. The largest absolute Gasteiger partial charge is 0.323 e. The number of rotatable bonds is 5. The van der Waals surface area contributed by atoms with Crippen molar-refractivity contribution in [2.75, 3.05) is 12.3 Å². The molecule has 2 saturated carbocycles. The van der Waals surface area contributed by atoms with Gasteiger partial charge in [0, 0.05) is 34.6 Å². The van der Waals surface area contributed by atoms with Gasteiger partial charge in [-0.25, -0.2) is 0 Å². The summed E-state index contributed by atoms with van der Waals surface area (Å²) in [5, 5.41) is 1.05. The molecule has 0 spiro atoms. The molecule has 1 aromatic carbocycles. The van der Waals surface area contributed by atoms with Crippen molar-refractivity contribution in [1.82, 2.24) is 0 Å².